The molecule has 0 radical (unpaired) electrons. The van der Waals surface area contributed by atoms with Crippen molar-refractivity contribution in [1.29, 1.82) is 0 Å². The maximum atomic E-state index is 12.7. The van der Waals surface area contributed by atoms with E-state index in [9.17, 15) is 14.4 Å². The summed E-state index contributed by atoms with van der Waals surface area (Å²) in [7, 11) is 1.29. The van der Waals surface area contributed by atoms with Crippen LogP contribution < -0.4 is 10.2 Å². The summed E-state index contributed by atoms with van der Waals surface area (Å²) in [5.41, 5.74) is 1.60. The van der Waals surface area contributed by atoms with Gasteiger partial charge in [0.1, 0.15) is 6.04 Å². The number of carbonyl (C=O) groups is 3. The van der Waals surface area contributed by atoms with Gasteiger partial charge in [0.25, 0.3) is 0 Å². The molecule has 6 nitrogen and oxygen atoms in total. The van der Waals surface area contributed by atoms with Gasteiger partial charge in [-0.3, -0.25) is 9.59 Å². The fraction of sp³-hybridized carbons (Fsp3) is 0.286. The van der Waals surface area contributed by atoms with E-state index in [0.717, 1.165) is 5.56 Å². The number of halogens is 1. The second-order valence-corrected chi connectivity index (χ2v) is 7.09. The van der Waals surface area contributed by atoms with Crippen molar-refractivity contribution in [2.45, 2.75) is 18.9 Å². The third kappa shape index (κ3) is 4.70. The van der Waals surface area contributed by atoms with Crippen LogP contribution in [0.1, 0.15) is 12.0 Å². The number of hydrogen-bond donors (Lipinski definition) is 1. The summed E-state index contributed by atoms with van der Waals surface area (Å²) in [6.07, 6.45) is 0.411. The Morgan fingerprint density at radius 1 is 1.18 bits per heavy atom. The van der Waals surface area contributed by atoms with E-state index in [-0.39, 0.29) is 24.8 Å². The number of nitrogens with one attached hydrogen (secondary N) is 1. The molecule has 1 saturated heterocycles. The van der Waals surface area contributed by atoms with Crippen LogP contribution in [0.5, 0.6) is 0 Å². The number of amides is 2. The average molecular weight is 401 g/mol. The molecule has 1 aliphatic rings. The van der Waals surface area contributed by atoms with Gasteiger partial charge in [0, 0.05) is 30.1 Å². The number of nitrogens with zero attached hydrogens (tertiary/aromatic N) is 1. The van der Waals surface area contributed by atoms with Crippen molar-refractivity contribution in [3.05, 3.63) is 65.2 Å². The Morgan fingerprint density at radius 2 is 1.86 bits per heavy atom. The topological polar surface area (TPSA) is 75.7 Å². The Bertz CT molecular complexity index is 854. The zero-order valence-electron chi connectivity index (χ0n) is 15.4. The Kier molecular flexibility index (Phi) is 6.31. The lowest BCUT2D eigenvalue weighted by molar-refractivity contribution is -0.145. The van der Waals surface area contributed by atoms with Crippen molar-refractivity contribution in [3.8, 4) is 0 Å². The van der Waals surface area contributed by atoms with Gasteiger partial charge in [-0.1, -0.05) is 41.9 Å². The highest BCUT2D eigenvalue weighted by molar-refractivity contribution is 6.30. The highest BCUT2D eigenvalue weighted by Gasteiger charge is 2.36. The molecule has 28 heavy (non-hydrogen) atoms. The van der Waals surface area contributed by atoms with Crippen LogP contribution >= 0.6 is 11.6 Å². The molecular weight excluding hydrogens is 380 g/mol. The van der Waals surface area contributed by atoms with Gasteiger partial charge in [-0.05, 0) is 29.8 Å². The molecule has 2 aromatic rings. The van der Waals surface area contributed by atoms with Crippen LogP contribution in [0.4, 0.5) is 5.69 Å². The Balaban J connectivity index is 1.67. The highest BCUT2D eigenvalue weighted by atomic mass is 35.5. The first-order chi connectivity index (χ1) is 13.5. The SMILES string of the molecule is COC(=O)[C@@H](Cc1ccccc1)NC(=O)[C@@H]1CC(=O)N(c2ccc(Cl)cc2)C1. The summed E-state index contributed by atoms with van der Waals surface area (Å²) < 4.78 is 4.83. The quantitative estimate of drug-likeness (QED) is 0.756. The first-order valence-corrected chi connectivity index (χ1v) is 9.34. The van der Waals surface area contributed by atoms with E-state index in [2.05, 4.69) is 5.32 Å². The number of benzene rings is 2. The lowest BCUT2D eigenvalue weighted by atomic mass is 10.0. The fourth-order valence-corrected chi connectivity index (χ4v) is 3.35. The zero-order chi connectivity index (χ0) is 20.1. The lowest BCUT2D eigenvalue weighted by Crippen LogP contribution is -2.46. The molecule has 0 spiro atoms. The van der Waals surface area contributed by atoms with Crippen LogP contribution in [-0.2, 0) is 25.5 Å². The van der Waals surface area contributed by atoms with E-state index < -0.39 is 17.9 Å². The molecule has 1 fully saturated rings. The van der Waals surface area contributed by atoms with Crippen LogP contribution in [0.25, 0.3) is 0 Å². The van der Waals surface area contributed by atoms with Gasteiger partial charge in [0.05, 0.1) is 13.0 Å². The molecule has 146 valence electrons. The number of methoxy groups -OCH3 is 1. The van der Waals surface area contributed by atoms with E-state index in [1.165, 1.54) is 7.11 Å². The van der Waals surface area contributed by atoms with Crippen molar-refractivity contribution in [1.82, 2.24) is 5.32 Å². The minimum absolute atomic E-state index is 0.0910. The van der Waals surface area contributed by atoms with E-state index in [4.69, 9.17) is 16.3 Å². The van der Waals surface area contributed by atoms with Gasteiger partial charge in [-0.25, -0.2) is 4.79 Å². The molecular formula is C21H21ClN2O4. The van der Waals surface area contributed by atoms with Crippen LogP contribution in [-0.4, -0.2) is 37.5 Å². The number of ether oxygens (including phenoxy) is 1. The number of hydrogen-bond acceptors (Lipinski definition) is 4. The first-order valence-electron chi connectivity index (χ1n) is 8.96. The van der Waals surface area contributed by atoms with Gasteiger partial charge in [-0.15, -0.1) is 0 Å². The number of rotatable bonds is 6. The molecule has 0 aliphatic carbocycles. The minimum atomic E-state index is -0.806. The number of esters is 1. The van der Waals surface area contributed by atoms with E-state index in [1.54, 1.807) is 29.2 Å². The normalized spacial score (nSPS) is 17.3. The van der Waals surface area contributed by atoms with Crippen molar-refractivity contribution < 1.29 is 19.1 Å². The highest BCUT2D eigenvalue weighted by Crippen LogP contribution is 2.26. The lowest BCUT2D eigenvalue weighted by Gasteiger charge is -2.20. The second-order valence-electron chi connectivity index (χ2n) is 6.66. The number of carbonyl (C=O) groups excluding carboxylic acids is 3. The maximum Gasteiger partial charge on any atom is 0.328 e. The molecule has 0 bridgehead atoms. The molecule has 2 amide bonds. The van der Waals surface area contributed by atoms with Crippen molar-refractivity contribution in [3.63, 3.8) is 0 Å². The van der Waals surface area contributed by atoms with Crippen LogP contribution in [0.15, 0.2) is 54.6 Å². The molecule has 0 saturated carbocycles. The Morgan fingerprint density at radius 3 is 2.50 bits per heavy atom. The van der Waals surface area contributed by atoms with Gasteiger partial charge >= 0.3 is 5.97 Å². The van der Waals surface area contributed by atoms with Gasteiger partial charge in [-0.2, -0.15) is 0 Å². The summed E-state index contributed by atoms with van der Waals surface area (Å²) in [5.74, 6) is -1.53. The zero-order valence-corrected chi connectivity index (χ0v) is 16.2. The molecule has 1 aliphatic heterocycles. The van der Waals surface area contributed by atoms with Crippen molar-refractivity contribution in [2.75, 3.05) is 18.6 Å². The third-order valence-electron chi connectivity index (χ3n) is 4.72. The first kappa shape index (κ1) is 19.9. The molecule has 2 aromatic carbocycles. The van der Waals surface area contributed by atoms with E-state index in [1.807, 2.05) is 30.3 Å². The molecule has 3 rings (SSSR count). The minimum Gasteiger partial charge on any atom is -0.467 e. The van der Waals surface area contributed by atoms with Crippen molar-refractivity contribution in [2.24, 2.45) is 5.92 Å². The summed E-state index contributed by atoms with van der Waals surface area (Å²) >= 11 is 5.89. The van der Waals surface area contributed by atoms with Gasteiger partial charge < -0.3 is 15.0 Å². The van der Waals surface area contributed by atoms with E-state index in [0.29, 0.717) is 17.1 Å². The molecule has 1 N–H and O–H groups in total. The number of anilines is 1. The molecule has 1 heterocycles. The molecule has 2 atom stereocenters. The monoisotopic (exact) mass is 400 g/mol. The summed E-state index contributed by atoms with van der Waals surface area (Å²) in [4.78, 5) is 38.8. The molecule has 0 unspecified atom stereocenters. The predicted molar refractivity (Wildman–Crippen MR) is 106 cm³/mol. The van der Waals surface area contributed by atoms with Crippen LogP contribution in [0, 0.1) is 5.92 Å². The summed E-state index contributed by atoms with van der Waals surface area (Å²) in [6, 6.07) is 15.4. The fourth-order valence-electron chi connectivity index (χ4n) is 3.23. The molecule has 0 aromatic heterocycles. The smallest absolute Gasteiger partial charge is 0.328 e. The standard InChI is InChI=1S/C21H21ClN2O4/c1-28-21(27)18(11-14-5-3-2-4-6-14)23-20(26)15-12-19(25)24(13-15)17-9-7-16(22)8-10-17/h2-10,15,18H,11-13H2,1H3,(H,23,26)/t15-,18-/m1/s1. The Hall–Kier alpha value is -2.86. The molecule has 7 heteroatoms. The summed E-state index contributed by atoms with van der Waals surface area (Å²) in [6.45, 7) is 0.255. The Labute approximate surface area is 168 Å². The predicted octanol–water partition coefficient (Wildman–Crippen LogP) is 2.59. The summed E-state index contributed by atoms with van der Waals surface area (Å²) in [5, 5.41) is 3.32. The van der Waals surface area contributed by atoms with E-state index >= 15 is 0 Å². The third-order valence-corrected chi connectivity index (χ3v) is 4.97. The average Bonchev–Trinajstić information content (AvgIpc) is 3.10. The van der Waals surface area contributed by atoms with Crippen LogP contribution in [0.3, 0.4) is 0 Å². The van der Waals surface area contributed by atoms with Crippen LogP contribution in [0.2, 0.25) is 5.02 Å². The van der Waals surface area contributed by atoms with Gasteiger partial charge in [0.15, 0.2) is 0 Å². The van der Waals surface area contributed by atoms with Gasteiger partial charge in [0.2, 0.25) is 11.8 Å². The van der Waals surface area contributed by atoms with Crippen molar-refractivity contribution >= 4 is 35.1 Å². The largest absolute Gasteiger partial charge is 0.467 e. The maximum absolute atomic E-state index is 12.7. The second kappa shape index (κ2) is 8.89.